The Morgan fingerprint density at radius 1 is 1.40 bits per heavy atom. The number of amides is 1. The summed E-state index contributed by atoms with van der Waals surface area (Å²) >= 11 is 0. The number of aliphatic hydroxyl groups is 1. The largest absolute Gasteiger partial charge is 0.396 e. The minimum absolute atomic E-state index is 0.0634. The minimum Gasteiger partial charge on any atom is -0.396 e. The predicted molar refractivity (Wildman–Crippen MR) is 81.2 cm³/mol. The number of carbonyl (C=O) groups excluding carboxylic acids is 1. The van der Waals surface area contributed by atoms with Gasteiger partial charge in [0.25, 0.3) is 0 Å². The first-order chi connectivity index (χ1) is 9.76. The van der Waals surface area contributed by atoms with Crippen molar-refractivity contribution in [1.82, 2.24) is 5.32 Å². The van der Waals surface area contributed by atoms with E-state index in [1.54, 1.807) is 0 Å². The van der Waals surface area contributed by atoms with Crippen molar-refractivity contribution in [2.75, 3.05) is 13.2 Å². The number of aliphatic hydroxyl groups excluding tert-OH is 1. The zero-order valence-corrected chi connectivity index (χ0v) is 12.1. The summed E-state index contributed by atoms with van der Waals surface area (Å²) in [6.45, 7) is 2.72. The van der Waals surface area contributed by atoms with E-state index in [4.69, 9.17) is 5.11 Å². The van der Waals surface area contributed by atoms with Crippen LogP contribution in [-0.2, 0) is 11.2 Å². The van der Waals surface area contributed by atoms with E-state index in [0.717, 1.165) is 19.3 Å². The van der Waals surface area contributed by atoms with Crippen molar-refractivity contribution in [3.63, 3.8) is 0 Å². The molecule has 3 heteroatoms. The lowest BCUT2D eigenvalue weighted by atomic mass is 10.0. The highest BCUT2D eigenvalue weighted by molar-refractivity contribution is 5.79. The molecule has 0 aliphatic heterocycles. The SMILES string of the molecule is CCC(CCO)C(=O)NCCC1=CCc2ccccc21. The summed E-state index contributed by atoms with van der Waals surface area (Å²) in [4.78, 5) is 11.9. The lowest BCUT2D eigenvalue weighted by Crippen LogP contribution is -2.31. The topological polar surface area (TPSA) is 49.3 Å². The number of allylic oxidation sites excluding steroid dienone is 1. The number of hydrogen-bond acceptors (Lipinski definition) is 2. The maximum absolute atomic E-state index is 11.9. The maximum Gasteiger partial charge on any atom is 0.223 e. The highest BCUT2D eigenvalue weighted by Gasteiger charge is 2.16. The zero-order chi connectivity index (χ0) is 14.4. The smallest absolute Gasteiger partial charge is 0.223 e. The lowest BCUT2D eigenvalue weighted by Gasteiger charge is -2.14. The number of benzene rings is 1. The van der Waals surface area contributed by atoms with Gasteiger partial charge in [-0.3, -0.25) is 4.79 Å². The summed E-state index contributed by atoms with van der Waals surface area (Å²) in [5.74, 6) is -0.00160. The monoisotopic (exact) mass is 273 g/mol. The highest BCUT2D eigenvalue weighted by Crippen LogP contribution is 2.28. The quantitative estimate of drug-likeness (QED) is 0.802. The van der Waals surface area contributed by atoms with Crippen molar-refractivity contribution in [2.24, 2.45) is 5.92 Å². The van der Waals surface area contributed by atoms with Crippen LogP contribution in [0.2, 0.25) is 0 Å². The molecule has 1 atom stereocenters. The molecule has 0 saturated heterocycles. The molecule has 1 aromatic rings. The first-order valence-electron chi connectivity index (χ1n) is 7.42. The van der Waals surface area contributed by atoms with Crippen LogP contribution in [0, 0.1) is 5.92 Å². The van der Waals surface area contributed by atoms with Crippen LogP contribution < -0.4 is 5.32 Å². The van der Waals surface area contributed by atoms with Gasteiger partial charge in [0, 0.05) is 19.1 Å². The van der Waals surface area contributed by atoms with E-state index in [9.17, 15) is 4.79 Å². The van der Waals surface area contributed by atoms with Crippen molar-refractivity contribution in [3.8, 4) is 0 Å². The average Bonchev–Trinajstić information content (AvgIpc) is 2.88. The van der Waals surface area contributed by atoms with E-state index in [2.05, 4.69) is 35.7 Å². The molecular weight excluding hydrogens is 250 g/mol. The van der Waals surface area contributed by atoms with Crippen molar-refractivity contribution < 1.29 is 9.90 Å². The van der Waals surface area contributed by atoms with Crippen LogP contribution in [0.1, 0.15) is 37.3 Å². The Labute approximate surface area is 120 Å². The second-order valence-electron chi connectivity index (χ2n) is 5.25. The number of rotatable bonds is 7. The van der Waals surface area contributed by atoms with Gasteiger partial charge in [-0.15, -0.1) is 0 Å². The maximum atomic E-state index is 11.9. The molecule has 0 fully saturated rings. The van der Waals surface area contributed by atoms with Crippen LogP contribution in [-0.4, -0.2) is 24.2 Å². The third-order valence-electron chi connectivity index (χ3n) is 3.97. The van der Waals surface area contributed by atoms with E-state index in [1.165, 1.54) is 16.7 Å². The molecule has 0 spiro atoms. The minimum atomic E-state index is -0.0650. The van der Waals surface area contributed by atoms with E-state index in [0.29, 0.717) is 13.0 Å². The van der Waals surface area contributed by atoms with E-state index in [-0.39, 0.29) is 18.4 Å². The third kappa shape index (κ3) is 3.48. The molecular formula is C17H23NO2. The van der Waals surface area contributed by atoms with Gasteiger partial charge in [0.2, 0.25) is 5.91 Å². The van der Waals surface area contributed by atoms with Gasteiger partial charge in [0.05, 0.1) is 0 Å². The fourth-order valence-corrected chi connectivity index (χ4v) is 2.73. The molecule has 1 unspecified atom stereocenters. The lowest BCUT2D eigenvalue weighted by molar-refractivity contribution is -0.125. The van der Waals surface area contributed by atoms with Crippen LogP contribution in [0.25, 0.3) is 5.57 Å². The van der Waals surface area contributed by atoms with Gasteiger partial charge in [-0.1, -0.05) is 37.3 Å². The van der Waals surface area contributed by atoms with Crippen LogP contribution in [0.5, 0.6) is 0 Å². The fraction of sp³-hybridized carbons (Fsp3) is 0.471. The molecule has 2 N–H and O–H groups in total. The standard InChI is InChI=1S/C17H23NO2/c1-2-13(10-12-19)17(20)18-11-9-15-8-7-14-5-3-4-6-16(14)15/h3-6,8,13,19H,2,7,9-12H2,1H3,(H,18,20). The van der Waals surface area contributed by atoms with E-state index < -0.39 is 0 Å². The molecule has 0 saturated carbocycles. The summed E-state index contributed by atoms with van der Waals surface area (Å²) in [6.07, 6.45) is 5.45. The summed E-state index contributed by atoms with van der Waals surface area (Å²) in [5, 5.41) is 11.9. The average molecular weight is 273 g/mol. The van der Waals surface area contributed by atoms with Crippen molar-refractivity contribution in [3.05, 3.63) is 41.5 Å². The first-order valence-corrected chi connectivity index (χ1v) is 7.42. The highest BCUT2D eigenvalue weighted by atomic mass is 16.3. The normalized spacial score (nSPS) is 14.6. The summed E-state index contributed by atoms with van der Waals surface area (Å²) in [6, 6.07) is 8.44. The molecule has 1 aromatic carbocycles. The molecule has 0 aromatic heterocycles. The van der Waals surface area contributed by atoms with E-state index >= 15 is 0 Å². The predicted octanol–water partition coefficient (Wildman–Crippen LogP) is 2.54. The summed E-state index contributed by atoms with van der Waals surface area (Å²) < 4.78 is 0. The molecule has 1 aliphatic rings. The molecule has 108 valence electrons. The van der Waals surface area contributed by atoms with Gasteiger partial charge in [-0.2, -0.15) is 0 Å². The van der Waals surface area contributed by atoms with Crippen LogP contribution in [0.4, 0.5) is 0 Å². The Balaban J connectivity index is 1.81. The molecule has 1 aliphatic carbocycles. The van der Waals surface area contributed by atoms with Gasteiger partial charge >= 0.3 is 0 Å². The van der Waals surface area contributed by atoms with Gasteiger partial charge in [0.15, 0.2) is 0 Å². The number of hydrogen-bond donors (Lipinski definition) is 2. The van der Waals surface area contributed by atoms with Crippen LogP contribution in [0.15, 0.2) is 30.3 Å². The molecule has 0 heterocycles. The van der Waals surface area contributed by atoms with Crippen molar-refractivity contribution in [2.45, 2.75) is 32.6 Å². The van der Waals surface area contributed by atoms with E-state index in [1.807, 2.05) is 6.92 Å². The summed E-state index contributed by atoms with van der Waals surface area (Å²) in [7, 11) is 0. The second kappa shape index (κ2) is 7.25. The Bertz CT molecular complexity index is 494. The molecule has 1 amide bonds. The molecule has 0 bridgehead atoms. The Morgan fingerprint density at radius 2 is 2.20 bits per heavy atom. The van der Waals surface area contributed by atoms with Gasteiger partial charge in [0.1, 0.15) is 0 Å². The first kappa shape index (κ1) is 14.8. The van der Waals surface area contributed by atoms with Crippen molar-refractivity contribution in [1.29, 1.82) is 0 Å². The zero-order valence-electron chi connectivity index (χ0n) is 12.1. The Morgan fingerprint density at radius 3 is 2.95 bits per heavy atom. The van der Waals surface area contributed by atoms with Gasteiger partial charge in [-0.05, 0) is 42.4 Å². The Hall–Kier alpha value is -1.61. The van der Waals surface area contributed by atoms with Crippen LogP contribution >= 0.6 is 0 Å². The molecule has 0 radical (unpaired) electrons. The Kier molecular flexibility index (Phi) is 5.36. The van der Waals surface area contributed by atoms with Crippen molar-refractivity contribution >= 4 is 11.5 Å². The number of carbonyl (C=O) groups is 1. The summed E-state index contributed by atoms with van der Waals surface area (Å²) in [5.41, 5.74) is 4.03. The molecule has 2 rings (SSSR count). The molecule has 20 heavy (non-hydrogen) atoms. The van der Waals surface area contributed by atoms with Gasteiger partial charge in [-0.25, -0.2) is 0 Å². The molecule has 3 nitrogen and oxygen atoms in total. The van der Waals surface area contributed by atoms with Crippen LogP contribution in [0.3, 0.4) is 0 Å². The van der Waals surface area contributed by atoms with Gasteiger partial charge < -0.3 is 10.4 Å². The number of fused-ring (bicyclic) bond motifs is 1. The fourth-order valence-electron chi connectivity index (χ4n) is 2.73. The third-order valence-corrected chi connectivity index (χ3v) is 3.97. The number of nitrogens with one attached hydrogen (secondary N) is 1. The second-order valence-corrected chi connectivity index (χ2v) is 5.25.